The minimum absolute atomic E-state index is 0.0667. The van der Waals surface area contributed by atoms with Crippen LogP contribution in [-0.4, -0.2) is 47.4 Å². The van der Waals surface area contributed by atoms with Crippen molar-refractivity contribution >= 4 is 23.6 Å². The molecule has 1 rings (SSSR count). The van der Waals surface area contributed by atoms with Gasteiger partial charge < -0.3 is 10.2 Å². The van der Waals surface area contributed by atoms with Crippen molar-refractivity contribution in [1.82, 2.24) is 10.2 Å². The molecule has 0 aromatic carbocycles. The van der Waals surface area contributed by atoms with E-state index >= 15 is 0 Å². The molecule has 0 heterocycles. The van der Waals surface area contributed by atoms with Crippen LogP contribution in [0.3, 0.4) is 0 Å². The van der Waals surface area contributed by atoms with E-state index in [9.17, 15) is 9.59 Å². The SMILES string of the molecule is C=CC(=O)N(CC)CC(=O)N[C@@H]1CCCC[C@H]1SC. The number of amides is 2. The third-order valence-corrected chi connectivity index (χ3v) is 4.72. The molecule has 0 bridgehead atoms. The zero-order chi connectivity index (χ0) is 14.3. The normalized spacial score (nSPS) is 22.6. The average molecular weight is 284 g/mol. The van der Waals surface area contributed by atoms with Crippen LogP contribution >= 0.6 is 11.8 Å². The minimum Gasteiger partial charge on any atom is -0.351 e. The predicted octanol–water partition coefficient (Wildman–Crippen LogP) is 1.81. The van der Waals surface area contributed by atoms with Gasteiger partial charge in [-0.15, -0.1) is 0 Å². The number of thioether (sulfide) groups is 1. The lowest BCUT2D eigenvalue weighted by atomic mass is 9.95. The van der Waals surface area contributed by atoms with E-state index in [0.29, 0.717) is 11.8 Å². The molecule has 1 fully saturated rings. The molecule has 0 unspecified atom stereocenters. The molecule has 0 aromatic heterocycles. The van der Waals surface area contributed by atoms with Crippen molar-refractivity contribution in [2.24, 2.45) is 0 Å². The summed E-state index contributed by atoms with van der Waals surface area (Å²) in [5.41, 5.74) is 0. The second-order valence-corrected chi connectivity index (χ2v) is 5.87. The van der Waals surface area contributed by atoms with Gasteiger partial charge in [0.15, 0.2) is 0 Å². The largest absolute Gasteiger partial charge is 0.351 e. The van der Waals surface area contributed by atoms with Gasteiger partial charge in [0.1, 0.15) is 0 Å². The van der Waals surface area contributed by atoms with Crippen LogP contribution in [0.15, 0.2) is 12.7 Å². The first-order chi connectivity index (χ1) is 9.12. The number of carbonyl (C=O) groups is 2. The van der Waals surface area contributed by atoms with Gasteiger partial charge in [0.2, 0.25) is 11.8 Å². The van der Waals surface area contributed by atoms with E-state index in [1.165, 1.54) is 23.8 Å². The van der Waals surface area contributed by atoms with Crippen LogP contribution in [-0.2, 0) is 9.59 Å². The Bertz CT molecular complexity index is 333. The summed E-state index contributed by atoms with van der Waals surface area (Å²) < 4.78 is 0. The number of likely N-dealkylation sites (N-methyl/N-ethyl adjacent to an activating group) is 1. The monoisotopic (exact) mass is 284 g/mol. The first kappa shape index (κ1) is 16.1. The highest BCUT2D eigenvalue weighted by atomic mass is 32.2. The topological polar surface area (TPSA) is 49.4 Å². The average Bonchev–Trinajstić information content (AvgIpc) is 2.44. The summed E-state index contributed by atoms with van der Waals surface area (Å²) in [5.74, 6) is -0.259. The van der Waals surface area contributed by atoms with Gasteiger partial charge in [-0.3, -0.25) is 9.59 Å². The number of nitrogens with zero attached hydrogens (tertiary/aromatic N) is 1. The molecule has 108 valence electrons. The molecule has 0 spiro atoms. The summed E-state index contributed by atoms with van der Waals surface area (Å²) in [6, 6.07) is 0.244. The molecule has 1 N–H and O–H groups in total. The highest BCUT2D eigenvalue weighted by Gasteiger charge is 2.26. The van der Waals surface area contributed by atoms with Gasteiger partial charge in [0.05, 0.1) is 6.54 Å². The summed E-state index contributed by atoms with van der Waals surface area (Å²) in [5, 5.41) is 3.58. The minimum atomic E-state index is -0.192. The fourth-order valence-electron chi connectivity index (χ4n) is 2.44. The summed E-state index contributed by atoms with van der Waals surface area (Å²) in [6.45, 7) is 5.96. The molecule has 0 saturated heterocycles. The van der Waals surface area contributed by atoms with E-state index in [1.54, 1.807) is 0 Å². The molecule has 1 saturated carbocycles. The van der Waals surface area contributed by atoms with Crippen molar-refractivity contribution in [1.29, 1.82) is 0 Å². The number of nitrogens with one attached hydrogen (secondary N) is 1. The molecule has 0 aliphatic heterocycles. The summed E-state index contributed by atoms with van der Waals surface area (Å²) >= 11 is 1.82. The van der Waals surface area contributed by atoms with Crippen LogP contribution in [0.5, 0.6) is 0 Å². The smallest absolute Gasteiger partial charge is 0.246 e. The molecule has 2 atom stereocenters. The van der Waals surface area contributed by atoms with E-state index in [1.807, 2.05) is 18.7 Å². The van der Waals surface area contributed by atoms with Gasteiger partial charge in [-0.1, -0.05) is 19.4 Å². The maximum atomic E-state index is 12.0. The van der Waals surface area contributed by atoms with Gasteiger partial charge in [-0.2, -0.15) is 11.8 Å². The summed E-state index contributed by atoms with van der Waals surface area (Å²) in [6.07, 6.45) is 7.96. The van der Waals surface area contributed by atoms with Crippen LogP contribution in [0.2, 0.25) is 0 Å². The zero-order valence-electron chi connectivity index (χ0n) is 11.9. The Morgan fingerprint density at radius 2 is 2.11 bits per heavy atom. The van der Waals surface area contributed by atoms with Crippen LogP contribution in [0, 0.1) is 0 Å². The first-order valence-corrected chi connectivity index (χ1v) is 8.14. The highest BCUT2D eigenvalue weighted by Crippen LogP contribution is 2.27. The standard InChI is InChI=1S/C14H24N2O2S/c1-4-14(18)16(5-2)10-13(17)15-11-8-6-7-9-12(11)19-3/h4,11-12H,1,5-10H2,2-3H3,(H,15,17)/t11-,12-/m1/s1. The van der Waals surface area contributed by atoms with Gasteiger partial charge in [-0.05, 0) is 32.1 Å². The Hall–Kier alpha value is -0.970. The predicted molar refractivity (Wildman–Crippen MR) is 80.2 cm³/mol. The quantitative estimate of drug-likeness (QED) is 0.757. The van der Waals surface area contributed by atoms with E-state index < -0.39 is 0 Å². The van der Waals surface area contributed by atoms with E-state index in [-0.39, 0.29) is 24.4 Å². The van der Waals surface area contributed by atoms with Crippen molar-refractivity contribution in [3.63, 3.8) is 0 Å². The number of rotatable bonds is 6. The van der Waals surface area contributed by atoms with Crippen molar-refractivity contribution < 1.29 is 9.59 Å². The Morgan fingerprint density at radius 1 is 1.42 bits per heavy atom. The van der Waals surface area contributed by atoms with Gasteiger partial charge in [-0.25, -0.2) is 0 Å². The second-order valence-electron chi connectivity index (χ2n) is 4.79. The lowest BCUT2D eigenvalue weighted by Gasteiger charge is -2.31. The van der Waals surface area contributed by atoms with Crippen LogP contribution in [0.1, 0.15) is 32.6 Å². The fourth-order valence-corrected chi connectivity index (χ4v) is 3.38. The maximum absolute atomic E-state index is 12.0. The molecule has 2 amide bonds. The maximum Gasteiger partial charge on any atom is 0.246 e. The Balaban J connectivity index is 2.49. The lowest BCUT2D eigenvalue weighted by Crippen LogP contribution is -2.48. The molecule has 4 nitrogen and oxygen atoms in total. The highest BCUT2D eigenvalue weighted by molar-refractivity contribution is 7.99. The van der Waals surface area contributed by atoms with Crippen molar-refractivity contribution in [3.05, 3.63) is 12.7 Å². The number of hydrogen-bond acceptors (Lipinski definition) is 3. The zero-order valence-corrected chi connectivity index (χ0v) is 12.7. The fraction of sp³-hybridized carbons (Fsp3) is 0.714. The van der Waals surface area contributed by atoms with Crippen molar-refractivity contribution in [2.75, 3.05) is 19.3 Å². The van der Waals surface area contributed by atoms with Crippen molar-refractivity contribution in [2.45, 2.75) is 43.9 Å². The molecule has 19 heavy (non-hydrogen) atoms. The molecule has 1 aliphatic carbocycles. The number of hydrogen-bond donors (Lipinski definition) is 1. The van der Waals surface area contributed by atoms with Crippen molar-refractivity contribution in [3.8, 4) is 0 Å². The molecule has 0 aromatic rings. The molecule has 1 aliphatic rings. The Kier molecular flexibility index (Phi) is 6.99. The molecular formula is C14H24N2O2S. The van der Waals surface area contributed by atoms with Crippen LogP contribution in [0.25, 0.3) is 0 Å². The number of carbonyl (C=O) groups excluding carboxylic acids is 2. The Morgan fingerprint density at radius 3 is 2.68 bits per heavy atom. The van der Waals surface area contributed by atoms with E-state index in [4.69, 9.17) is 0 Å². The third-order valence-electron chi connectivity index (χ3n) is 3.55. The molecular weight excluding hydrogens is 260 g/mol. The molecule has 5 heteroatoms. The summed E-state index contributed by atoms with van der Waals surface area (Å²) in [7, 11) is 0. The van der Waals surface area contributed by atoms with Gasteiger partial charge >= 0.3 is 0 Å². The van der Waals surface area contributed by atoms with Gasteiger partial charge in [0.25, 0.3) is 0 Å². The third kappa shape index (κ3) is 4.90. The first-order valence-electron chi connectivity index (χ1n) is 6.85. The van der Waals surface area contributed by atoms with E-state index in [2.05, 4.69) is 18.2 Å². The second kappa shape index (κ2) is 8.25. The summed E-state index contributed by atoms with van der Waals surface area (Å²) in [4.78, 5) is 25.0. The van der Waals surface area contributed by atoms with Crippen LogP contribution < -0.4 is 5.32 Å². The van der Waals surface area contributed by atoms with Gasteiger partial charge in [0, 0.05) is 17.8 Å². The van der Waals surface area contributed by atoms with Crippen LogP contribution in [0.4, 0.5) is 0 Å². The molecule has 0 radical (unpaired) electrons. The van der Waals surface area contributed by atoms with E-state index in [0.717, 1.165) is 12.8 Å². The Labute approximate surface area is 120 Å². The lowest BCUT2D eigenvalue weighted by molar-refractivity contribution is -0.132.